The highest BCUT2D eigenvalue weighted by Crippen LogP contribution is 2.21. The van der Waals surface area contributed by atoms with Gasteiger partial charge in [-0.1, -0.05) is 18.5 Å². The fourth-order valence-corrected chi connectivity index (χ4v) is 2.62. The van der Waals surface area contributed by atoms with Gasteiger partial charge in [0.05, 0.1) is 11.1 Å². The molecule has 1 aromatic heterocycles. The maximum absolute atomic E-state index is 12.4. The summed E-state index contributed by atoms with van der Waals surface area (Å²) in [6.45, 7) is 5.88. The lowest BCUT2D eigenvalue weighted by atomic mass is 9.96. The number of amides is 1. The highest BCUT2D eigenvalue weighted by atomic mass is 35.5. The molecule has 1 fully saturated rings. The zero-order valence-corrected chi connectivity index (χ0v) is 11.5. The van der Waals surface area contributed by atoms with E-state index in [0.29, 0.717) is 30.2 Å². The molecule has 1 amide bonds. The van der Waals surface area contributed by atoms with Crippen molar-refractivity contribution in [3.05, 3.63) is 23.0 Å². The number of carbonyl (C=O) groups is 1. The first-order valence-corrected chi connectivity index (χ1v) is 6.73. The molecule has 1 saturated heterocycles. The number of aliphatic hydroxyl groups excluding tert-OH is 1. The molecule has 1 aliphatic heterocycles. The number of piperidine rings is 1. The van der Waals surface area contributed by atoms with E-state index in [9.17, 15) is 9.90 Å². The van der Waals surface area contributed by atoms with Gasteiger partial charge in [-0.3, -0.25) is 4.79 Å². The van der Waals surface area contributed by atoms with Crippen molar-refractivity contribution in [2.45, 2.75) is 32.9 Å². The van der Waals surface area contributed by atoms with Gasteiger partial charge in [-0.05, 0) is 25.3 Å². The van der Waals surface area contributed by atoms with Gasteiger partial charge in [0.2, 0.25) is 0 Å². The summed E-state index contributed by atoms with van der Waals surface area (Å²) >= 11 is 5.95. The molecule has 0 saturated carbocycles. The third-order valence-electron chi connectivity index (χ3n) is 3.57. The number of nitrogens with zero attached hydrogens (tertiary/aromatic N) is 2. The van der Waals surface area contributed by atoms with Gasteiger partial charge in [-0.15, -0.1) is 0 Å². The second-order valence-corrected chi connectivity index (χ2v) is 5.35. The van der Waals surface area contributed by atoms with E-state index in [-0.39, 0.29) is 17.9 Å². The van der Waals surface area contributed by atoms with Crippen molar-refractivity contribution in [1.29, 1.82) is 0 Å². The van der Waals surface area contributed by atoms with Crippen molar-refractivity contribution in [2.24, 2.45) is 5.92 Å². The molecule has 5 heteroatoms. The SMILES string of the molecule is CCn1cc(Cl)cc1C(=O)N1CCC(O)C(C)C1. The Morgan fingerprint density at radius 1 is 1.61 bits per heavy atom. The fraction of sp³-hybridized carbons (Fsp3) is 0.615. The van der Waals surface area contributed by atoms with E-state index in [1.54, 1.807) is 17.2 Å². The van der Waals surface area contributed by atoms with Crippen molar-refractivity contribution in [3.63, 3.8) is 0 Å². The van der Waals surface area contributed by atoms with Crippen molar-refractivity contribution in [1.82, 2.24) is 9.47 Å². The number of halogens is 1. The van der Waals surface area contributed by atoms with Crippen LogP contribution in [0.2, 0.25) is 5.02 Å². The zero-order valence-electron chi connectivity index (χ0n) is 10.8. The summed E-state index contributed by atoms with van der Waals surface area (Å²) in [5.74, 6) is 0.130. The van der Waals surface area contributed by atoms with Crippen molar-refractivity contribution >= 4 is 17.5 Å². The molecule has 1 aliphatic rings. The smallest absolute Gasteiger partial charge is 0.270 e. The summed E-state index contributed by atoms with van der Waals surface area (Å²) in [4.78, 5) is 14.2. The van der Waals surface area contributed by atoms with Gasteiger partial charge in [-0.25, -0.2) is 0 Å². The number of hydrogen-bond acceptors (Lipinski definition) is 2. The van der Waals surface area contributed by atoms with Gasteiger partial charge in [0.15, 0.2) is 0 Å². The van der Waals surface area contributed by atoms with Crippen LogP contribution in [-0.4, -0.2) is 39.7 Å². The molecular formula is C13H19ClN2O2. The number of likely N-dealkylation sites (tertiary alicyclic amines) is 1. The first-order valence-electron chi connectivity index (χ1n) is 6.36. The van der Waals surface area contributed by atoms with Crippen LogP contribution >= 0.6 is 11.6 Å². The van der Waals surface area contributed by atoms with Gasteiger partial charge >= 0.3 is 0 Å². The molecule has 1 aromatic rings. The van der Waals surface area contributed by atoms with Crippen LogP contribution in [0.1, 0.15) is 30.8 Å². The minimum absolute atomic E-state index is 0.00231. The molecule has 0 radical (unpaired) electrons. The van der Waals surface area contributed by atoms with Crippen LogP contribution in [0, 0.1) is 5.92 Å². The van der Waals surface area contributed by atoms with Gasteiger partial charge < -0.3 is 14.6 Å². The summed E-state index contributed by atoms with van der Waals surface area (Å²) in [5.41, 5.74) is 0.631. The van der Waals surface area contributed by atoms with Crippen LogP contribution in [0.3, 0.4) is 0 Å². The number of hydrogen-bond donors (Lipinski definition) is 1. The van der Waals surface area contributed by atoms with Crippen LogP contribution in [0.25, 0.3) is 0 Å². The van der Waals surface area contributed by atoms with Crippen molar-refractivity contribution in [3.8, 4) is 0 Å². The third kappa shape index (κ3) is 2.54. The number of aromatic nitrogens is 1. The van der Waals surface area contributed by atoms with E-state index in [1.165, 1.54) is 0 Å². The zero-order chi connectivity index (χ0) is 13.3. The summed E-state index contributed by atoms with van der Waals surface area (Å²) in [6.07, 6.45) is 2.13. The Bertz CT molecular complexity index is 444. The topological polar surface area (TPSA) is 45.5 Å². The molecule has 18 heavy (non-hydrogen) atoms. The van der Waals surface area contributed by atoms with Crippen molar-refractivity contribution < 1.29 is 9.90 Å². The van der Waals surface area contributed by atoms with E-state index in [4.69, 9.17) is 11.6 Å². The first kappa shape index (κ1) is 13.4. The lowest BCUT2D eigenvalue weighted by Crippen LogP contribution is -2.45. The van der Waals surface area contributed by atoms with Crippen LogP contribution in [-0.2, 0) is 6.54 Å². The summed E-state index contributed by atoms with van der Waals surface area (Å²) in [5, 5.41) is 10.3. The lowest BCUT2D eigenvalue weighted by Gasteiger charge is -2.34. The standard InChI is InChI=1S/C13H19ClN2O2/c1-3-15-8-10(14)6-11(15)13(18)16-5-4-12(17)9(2)7-16/h6,8-9,12,17H,3-5,7H2,1-2H3. The Kier molecular flexibility index (Phi) is 3.97. The normalized spacial score (nSPS) is 24.3. The lowest BCUT2D eigenvalue weighted by molar-refractivity contribution is 0.0291. The summed E-state index contributed by atoms with van der Waals surface area (Å²) < 4.78 is 1.86. The van der Waals surface area contributed by atoms with Gasteiger partial charge in [-0.2, -0.15) is 0 Å². The number of carbonyl (C=O) groups excluding carboxylic acids is 1. The Morgan fingerprint density at radius 3 is 2.94 bits per heavy atom. The van der Waals surface area contributed by atoms with E-state index < -0.39 is 0 Å². The minimum Gasteiger partial charge on any atom is -0.393 e. The quantitative estimate of drug-likeness (QED) is 0.893. The van der Waals surface area contributed by atoms with Crippen LogP contribution in [0.5, 0.6) is 0 Å². The molecule has 2 rings (SSSR count). The number of rotatable bonds is 2. The molecule has 100 valence electrons. The molecule has 2 heterocycles. The Labute approximate surface area is 112 Å². The largest absolute Gasteiger partial charge is 0.393 e. The predicted molar refractivity (Wildman–Crippen MR) is 70.8 cm³/mol. The monoisotopic (exact) mass is 270 g/mol. The highest BCUT2D eigenvalue weighted by molar-refractivity contribution is 6.31. The first-order chi connectivity index (χ1) is 8.52. The molecule has 4 nitrogen and oxygen atoms in total. The minimum atomic E-state index is -0.296. The maximum Gasteiger partial charge on any atom is 0.270 e. The van der Waals surface area contributed by atoms with Gasteiger partial charge in [0, 0.05) is 25.8 Å². The fourth-order valence-electron chi connectivity index (χ4n) is 2.40. The van der Waals surface area contributed by atoms with Crippen LogP contribution < -0.4 is 0 Å². The Hall–Kier alpha value is -1.00. The van der Waals surface area contributed by atoms with E-state index >= 15 is 0 Å². The second-order valence-electron chi connectivity index (χ2n) is 4.91. The molecule has 2 unspecified atom stereocenters. The summed E-state index contributed by atoms with van der Waals surface area (Å²) in [6, 6.07) is 1.71. The predicted octanol–water partition coefficient (Wildman–Crippen LogP) is 2.00. The second kappa shape index (κ2) is 5.33. The summed E-state index contributed by atoms with van der Waals surface area (Å²) in [7, 11) is 0. The molecular weight excluding hydrogens is 252 g/mol. The molecule has 0 bridgehead atoms. The van der Waals surface area contributed by atoms with E-state index in [1.807, 2.05) is 18.4 Å². The third-order valence-corrected chi connectivity index (χ3v) is 3.78. The number of aliphatic hydroxyl groups is 1. The van der Waals surface area contributed by atoms with Gasteiger partial charge in [0.25, 0.3) is 5.91 Å². The average Bonchev–Trinajstić information content (AvgIpc) is 2.73. The Balaban J connectivity index is 2.16. The molecule has 0 aliphatic carbocycles. The molecule has 2 atom stereocenters. The Morgan fingerprint density at radius 2 is 2.33 bits per heavy atom. The highest BCUT2D eigenvalue weighted by Gasteiger charge is 2.29. The maximum atomic E-state index is 12.4. The molecule has 1 N–H and O–H groups in total. The number of aryl methyl sites for hydroxylation is 1. The van der Waals surface area contributed by atoms with Crippen LogP contribution in [0.15, 0.2) is 12.3 Å². The van der Waals surface area contributed by atoms with Crippen molar-refractivity contribution in [2.75, 3.05) is 13.1 Å². The van der Waals surface area contributed by atoms with Gasteiger partial charge in [0.1, 0.15) is 5.69 Å². The van der Waals surface area contributed by atoms with Crippen LogP contribution in [0.4, 0.5) is 0 Å². The van der Waals surface area contributed by atoms with E-state index in [0.717, 1.165) is 6.54 Å². The molecule has 0 spiro atoms. The average molecular weight is 271 g/mol. The molecule has 0 aromatic carbocycles. The van der Waals surface area contributed by atoms with E-state index in [2.05, 4.69) is 0 Å².